The maximum absolute atomic E-state index is 6.26. The molecule has 0 aromatic heterocycles. The second kappa shape index (κ2) is 6.04. The Morgan fingerprint density at radius 2 is 2.05 bits per heavy atom. The molecule has 2 aliphatic rings. The third-order valence-corrected chi connectivity index (χ3v) is 4.95. The Morgan fingerprint density at radius 3 is 2.80 bits per heavy atom. The molecule has 0 saturated heterocycles. The van der Waals surface area contributed by atoms with Crippen molar-refractivity contribution in [3.05, 3.63) is 27.7 Å². The molecule has 1 heterocycles. The summed E-state index contributed by atoms with van der Waals surface area (Å²) in [6.07, 6.45) is 6.92. The van der Waals surface area contributed by atoms with E-state index in [9.17, 15) is 0 Å². The SMILES string of the molecule is NCC1(OCc2cc(Br)cc3c2OCC3)CCCCC1. The number of nitrogens with two attached hydrogens (primary N) is 1. The van der Waals surface area contributed by atoms with Gasteiger partial charge in [0.1, 0.15) is 5.75 Å². The van der Waals surface area contributed by atoms with Gasteiger partial charge in [-0.3, -0.25) is 0 Å². The van der Waals surface area contributed by atoms with Crippen LogP contribution in [0, 0.1) is 0 Å². The van der Waals surface area contributed by atoms with Crippen LogP contribution in [0.1, 0.15) is 43.2 Å². The molecule has 1 aromatic carbocycles. The van der Waals surface area contributed by atoms with Crippen molar-refractivity contribution in [1.82, 2.24) is 0 Å². The molecule has 1 aromatic rings. The van der Waals surface area contributed by atoms with E-state index < -0.39 is 0 Å². The molecule has 110 valence electrons. The third-order valence-electron chi connectivity index (χ3n) is 4.50. The van der Waals surface area contributed by atoms with Crippen molar-refractivity contribution in [2.75, 3.05) is 13.2 Å². The van der Waals surface area contributed by atoms with Gasteiger partial charge in [-0.05, 0) is 30.5 Å². The fourth-order valence-corrected chi connectivity index (χ4v) is 3.84. The van der Waals surface area contributed by atoms with E-state index in [1.54, 1.807) is 0 Å². The highest BCUT2D eigenvalue weighted by Gasteiger charge is 2.32. The molecule has 0 spiro atoms. The molecule has 1 aliphatic heterocycles. The first-order valence-electron chi connectivity index (χ1n) is 7.51. The van der Waals surface area contributed by atoms with Gasteiger partial charge in [0.05, 0.1) is 18.8 Å². The molecule has 0 unspecified atom stereocenters. The van der Waals surface area contributed by atoms with E-state index in [0.29, 0.717) is 13.2 Å². The summed E-state index contributed by atoms with van der Waals surface area (Å²) in [4.78, 5) is 0. The maximum Gasteiger partial charge on any atom is 0.128 e. The highest BCUT2D eigenvalue weighted by atomic mass is 79.9. The monoisotopic (exact) mass is 339 g/mol. The predicted molar refractivity (Wildman–Crippen MR) is 83.0 cm³/mol. The van der Waals surface area contributed by atoms with Crippen molar-refractivity contribution in [1.29, 1.82) is 0 Å². The zero-order valence-electron chi connectivity index (χ0n) is 11.8. The molecule has 1 aliphatic carbocycles. The summed E-state index contributed by atoms with van der Waals surface area (Å²) in [5.41, 5.74) is 8.29. The van der Waals surface area contributed by atoms with Crippen molar-refractivity contribution >= 4 is 15.9 Å². The summed E-state index contributed by atoms with van der Waals surface area (Å²) in [6.45, 7) is 1.99. The van der Waals surface area contributed by atoms with Crippen LogP contribution in [0.15, 0.2) is 16.6 Å². The molecule has 20 heavy (non-hydrogen) atoms. The van der Waals surface area contributed by atoms with E-state index in [4.69, 9.17) is 15.2 Å². The topological polar surface area (TPSA) is 44.5 Å². The summed E-state index contributed by atoms with van der Waals surface area (Å²) in [5, 5.41) is 0. The van der Waals surface area contributed by atoms with Crippen LogP contribution in [-0.4, -0.2) is 18.8 Å². The van der Waals surface area contributed by atoms with Gasteiger partial charge in [-0.2, -0.15) is 0 Å². The number of ether oxygens (including phenoxy) is 2. The molecule has 3 nitrogen and oxygen atoms in total. The second-order valence-electron chi connectivity index (χ2n) is 5.89. The highest BCUT2D eigenvalue weighted by Crippen LogP contribution is 2.36. The Labute approximate surface area is 129 Å². The first kappa shape index (κ1) is 14.4. The first-order valence-corrected chi connectivity index (χ1v) is 8.30. The van der Waals surface area contributed by atoms with E-state index in [1.807, 2.05) is 0 Å². The summed E-state index contributed by atoms with van der Waals surface area (Å²) >= 11 is 3.58. The van der Waals surface area contributed by atoms with Crippen LogP contribution >= 0.6 is 15.9 Å². The van der Waals surface area contributed by atoms with Gasteiger partial charge in [-0.25, -0.2) is 0 Å². The van der Waals surface area contributed by atoms with Crippen LogP contribution in [-0.2, 0) is 17.8 Å². The zero-order chi connectivity index (χ0) is 14.0. The van der Waals surface area contributed by atoms with Gasteiger partial charge < -0.3 is 15.2 Å². The lowest BCUT2D eigenvalue weighted by Crippen LogP contribution is -2.42. The molecule has 0 amide bonds. The predicted octanol–water partition coefficient (Wildman–Crippen LogP) is 3.56. The Hall–Kier alpha value is -0.580. The van der Waals surface area contributed by atoms with E-state index >= 15 is 0 Å². The molecule has 4 heteroatoms. The Kier molecular flexibility index (Phi) is 4.34. The molecule has 2 N–H and O–H groups in total. The number of fused-ring (bicyclic) bond motifs is 1. The van der Waals surface area contributed by atoms with E-state index in [0.717, 1.165) is 41.7 Å². The van der Waals surface area contributed by atoms with Crippen LogP contribution in [0.25, 0.3) is 0 Å². The van der Waals surface area contributed by atoms with Crippen LogP contribution in [0.2, 0.25) is 0 Å². The highest BCUT2D eigenvalue weighted by molar-refractivity contribution is 9.10. The smallest absolute Gasteiger partial charge is 0.128 e. The van der Waals surface area contributed by atoms with Crippen LogP contribution < -0.4 is 10.5 Å². The van der Waals surface area contributed by atoms with Crippen molar-refractivity contribution < 1.29 is 9.47 Å². The molecule has 1 fully saturated rings. The number of hydrogen-bond acceptors (Lipinski definition) is 3. The van der Waals surface area contributed by atoms with Gasteiger partial charge in [0, 0.05) is 23.0 Å². The first-order chi connectivity index (χ1) is 9.72. The number of benzene rings is 1. The summed E-state index contributed by atoms with van der Waals surface area (Å²) < 4.78 is 13.1. The van der Waals surface area contributed by atoms with Crippen LogP contribution in [0.3, 0.4) is 0 Å². The van der Waals surface area contributed by atoms with Crippen molar-refractivity contribution in [2.24, 2.45) is 5.73 Å². The summed E-state index contributed by atoms with van der Waals surface area (Å²) in [6, 6.07) is 4.25. The molecule has 0 atom stereocenters. The van der Waals surface area contributed by atoms with Gasteiger partial charge in [0.2, 0.25) is 0 Å². The van der Waals surface area contributed by atoms with E-state index in [2.05, 4.69) is 28.1 Å². The molecule has 3 rings (SSSR count). The lowest BCUT2D eigenvalue weighted by atomic mass is 9.84. The number of rotatable bonds is 4. The van der Waals surface area contributed by atoms with Gasteiger partial charge in [0.15, 0.2) is 0 Å². The molecular weight excluding hydrogens is 318 g/mol. The lowest BCUT2D eigenvalue weighted by molar-refractivity contribution is -0.0738. The Morgan fingerprint density at radius 1 is 1.25 bits per heavy atom. The van der Waals surface area contributed by atoms with Gasteiger partial charge in [-0.15, -0.1) is 0 Å². The number of hydrogen-bond donors (Lipinski definition) is 1. The fraction of sp³-hybridized carbons (Fsp3) is 0.625. The average Bonchev–Trinajstić information content (AvgIpc) is 2.94. The summed E-state index contributed by atoms with van der Waals surface area (Å²) in [7, 11) is 0. The normalized spacial score (nSPS) is 20.5. The molecular formula is C16H22BrNO2. The molecule has 1 saturated carbocycles. The van der Waals surface area contributed by atoms with Crippen molar-refractivity contribution in [2.45, 2.75) is 50.7 Å². The van der Waals surface area contributed by atoms with Crippen molar-refractivity contribution in [3.8, 4) is 5.75 Å². The standard InChI is InChI=1S/C16H22BrNO2/c17-14-8-12-4-7-19-15(12)13(9-14)10-20-16(11-18)5-2-1-3-6-16/h8-9H,1-7,10-11,18H2. The van der Waals surface area contributed by atoms with Crippen LogP contribution in [0.5, 0.6) is 5.75 Å². The van der Waals surface area contributed by atoms with Crippen molar-refractivity contribution in [3.63, 3.8) is 0 Å². The van der Waals surface area contributed by atoms with Crippen LogP contribution in [0.4, 0.5) is 0 Å². The number of halogens is 1. The Bertz CT molecular complexity index is 484. The van der Waals surface area contributed by atoms with E-state index in [1.165, 1.54) is 24.8 Å². The van der Waals surface area contributed by atoms with Gasteiger partial charge >= 0.3 is 0 Å². The average molecular weight is 340 g/mol. The largest absolute Gasteiger partial charge is 0.493 e. The fourth-order valence-electron chi connectivity index (χ4n) is 3.29. The minimum absolute atomic E-state index is 0.119. The lowest BCUT2D eigenvalue weighted by Gasteiger charge is -2.36. The minimum atomic E-state index is -0.119. The third kappa shape index (κ3) is 2.87. The van der Waals surface area contributed by atoms with Gasteiger partial charge in [-0.1, -0.05) is 35.2 Å². The van der Waals surface area contributed by atoms with E-state index in [-0.39, 0.29) is 5.60 Å². The second-order valence-corrected chi connectivity index (χ2v) is 6.80. The quantitative estimate of drug-likeness (QED) is 0.911. The maximum atomic E-state index is 6.26. The van der Waals surface area contributed by atoms with Gasteiger partial charge in [0.25, 0.3) is 0 Å². The Balaban J connectivity index is 1.75. The molecule has 0 bridgehead atoms. The zero-order valence-corrected chi connectivity index (χ0v) is 13.4. The summed E-state index contributed by atoms with van der Waals surface area (Å²) in [5.74, 6) is 1.02. The minimum Gasteiger partial charge on any atom is -0.493 e. The molecule has 0 radical (unpaired) electrons.